The number of fused-ring (bicyclic) bond motifs is 1. The number of carbonyl (C=O) groups is 1. The van der Waals surface area contributed by atoms with E-state index in [2.05, 4.69) is 5.32 Å². The van der Waals surface area contributed by atoms with E-state index in [1.54, 1.807) is 0 Å². The summed E-state index contributed by atoms with van der Waals surface area (Å²) in [4.78, 5) is 21.5. The van der Waals surface area contributed by atoms with Crippen molar-refractivity contribution in [3.8, 4) is 0 Å². The van der Waals surface area contributed by atoms with Gasteiger partial charge in [-0.3, -0.25) is 14.9 Å². The molecule has 1 aromatic carbocycles. The van der Waals surface area contributed by atoms with Gasteiger partial charge in [0.05, 0.1) is 10.4 Å². The number of primary sulfonamides is 1. The van der Waals surface area contributed by atoms with Gasteiger partial charge in [0.25, 0.3) is 5.69 Å². The van der Waals surface area contributed by atoms with Crippen LogP contribution in [0.4, 0.5) is 5.69 Å². The van der Waals surface area contributed by atoms with Crippen LogP contribution in [-0.4, -0.2) is 30.9 Å². The third kappa shape index (κ3) is 2.85. The lowest BCUT2D eigenvalue weighted by atomic mass is 10.2. The number of amides is 1. The van der Waals surface area contributed by atoms with E-state index in [1.165, 1.54) is 36.0 Å². The molecular weight excluding hydrogens is 300 g/mol. The van der Waals surface area contributed by atoms with Gasteiger partial charge in [-0.1, -0.05) is 0 Å². The number of nitro benzene ring substituents is 1. The predicted molar refractivity (Wildman–Crippen MR) is 74.0 cm³/mol. The minimum atomic E-state index is -4.01. The van der Waals surface area contributed by atoms with Gasteiger partial charge in [0.2, 0.25) is 15.9 Å². The average molecular weight is 312 g/mol. The molecule has 1 heterocycles. The maximum atomic E-state index is 11.6. The van der Waals surface area contributed by atoms with Crippen molar-refractivity contribution in [2.24, 2.45) is 5.14 Å². The molecule has 0 aliphatic carbocycles. The Kier molecular flexibility index (Phi) is 3.66. The highest BCUT2D eigenvalue weighted by atomic mass is 32.2. The molecule has 0 saturated heterocycles. The van der Waals surface area contributed by atoms with Gasteiger partial charge >= 0.3 is 0 Å². The lowest BCUT2D eigenvalue weighted by molar-refractivity contribution is -0.384. The van der Waals surface area contributed by atoms with Gasteiger partial charge in [-0.05, 0) is 6.07 Å². The van der Waals surface area contributed by atoms with Crippen LogP contribution in [-0.2, 0) is 21.4 Å². The number of carbonyl (C=O) groups excluding carboxylic acids is 1. The summed E-state index contributed by atoms with van der Waals surface area (Å²) in [5.41, 5.74) is 0.0385. The molecule has 0 unspecified atom stereocenters. The second-order valence-corrected chi connectivity index (χ2v) is 5.83. The number of nitrogens with one attached hydrogen (secondary N) is 1. The first kappa shape index (κ1) is 14.9. The highest BCUT2D eigenvalue weighted by Crippen LogP contribution is 2.28. The van der Waals surface area contributed by atoms with Crippen LogP contribution in [0.3, 0.4) is 0 Å². The van der Waals surface area contributed by atoms with Crippen molar-refractivity contribution in [2.75, 3.05) is 7.05 Å². The summed E-state index contributed by atoms with van der Waals surface area (Å²) in [7, 11) is -2.58. The lowest BCUT2D eigenvalue weighted by Crippen LogP contribution is -2.23. The van der Waals surface area contributed by atoms with E-state index in [0.29, 0.717) is 0 Å². The molecule has 0 spiro atoms. The Balaban J connectivity index is 2.74. The molecule has 9 nitrogen and oxygen atoms in total. The molecule has 0 aliphatic rings. The summed E-state index contributed by atoms with van der Waals surface area (Å²) < 4.78 is 24.4. The van der Waals surface area contributed by atoms with Crippen molar-refractivity contribution in [3.05, 3.63) is 34.5 Å². The number of aromatic nitrogens is 1. The van der Waals surface area contributed by atoms with Gasteiger partial charge in [-0.15, -0.1) is 0 Å². The molecule has 1 aromatic heterocycles. The van der Waals surface area contributed by atoms with Gasteiger partial charge < -0.3 is 9.88 Å². The molecular formula is C11H12N4O5S. The molecule has 2 aromatic rings. The molecule has 0 bridgehead atoms. The van der Waals surface area contributed by atoms with Crippen LogP contribution >= 0.6 is 0 Å². The van der Waals surface area contributed by atoms with E-state index in [0.717, 1.165) is 0 Å². The van der Waals surface area contributed by atoms with Gasteiger partial charge in [-0.25, -0.2) is 13.6 Å². The standard InChI is InChI=1S/C11H12N4O5S/c1-13-11(16)6-14-5-10(21(12,19)20)8-3-2-7(15(17)18)4-9(8)14/h2-5H,6H2,1H3,(H,13,16)(H2,12,19,20). The largest absolute Gasteiger partial charge is 0.358 e. The zero-order valence-electron chi connectivity index (χ0n) is 10.9. The van der Waals surface area contributed by atoms with Crippen molar-refractivity contribution < 1.29 is 18.1 Å². The number of likely N-dealkylation sites (N-methyl/N-ethyl adjacent to an activating group) is 1. The second-order valence-electron chi connectivity index (χ2n) is 4.30. The fourth-order valence-electron chi connectivity index (χ4n) is 1.95. The normalized spacial score (nSPS) is 11.5. The summed E-state index contributed by atoms with van der Waals surface area (Å²) in [6, 6.07) is 3.68. The van der Waals surface area contributed by atoms with Gasteiger partial charge in [0.1, 0.15) is 11.4 Å². The molecule has 0 aliphatic heterocycles. The fourth-order valence-corrected chi connectivity index (χ4v) is 2.70. The Morgan fingerprint density at radius 3 is 2.67 bits per heavy atom. The van der Waals surface area contributed by atoms with Crippen LogP contribution in [0.5, 0.6) is 0 Å². The highest BCUT2D eigenvalue weighted by Gasteiger charge is 2.20. The first-order chi connectivity index (χ1) is 9.74. The molecule has 3 N–H and O–H groups in total. The van der Waals surface area contributed by atoms with Crippen molar-refractivity contribution >= 4 is 32.5 Å². The van der Waals surface area contributed by atoms with Crippen LogP contribution in [0.2, 0.25) is 0 Å². The summed E-state index contributed by atoms with van der Waals surface area (Å²) in [6.07, 6.45) is 1.19. The number of sulfonamides is 1. The van der Waals surface area contributed by atoms with E-state index in [1.807, 2.05) is 0 Å². The first-order valence-electron chi connectivity index (χ1n) is 5.74. The first-order valence-corrected chi connectivity index (χ1v) is 7.29. The van der Waals surface area contributed by atoms with Crippen molar-refractivity contribution in [2.45, 2.75) is 11.4 Å². The van der Waals surface area contributed by atoms with Crippen molar-refractivity contribution in [1.29, 1.82) is 0 Å². The SMILES string of the molecule is CNC(=O)Cn1cc(S(N)(=O)=O)c2ccc([N+](=O)[O-])cc21. The Hall–Kier alpha value is -2.46. The van der Waals surface area contributed by atoms with Crippen molar-refractivity contribution in [1.82, 2.24) is 9.88 Å². The summed E-state index contributed by atoms with van der Waals surface area (Å²) in [6.45, 7) is -0.177. The highest BCUT2D eigenvalue weighted by molar-refractivity contribution is 7.89. The smallest absolute Gasteiger partial charge is 0.271 e. The molecule has 112 valence electrons. The summed E-state index contributed by atoms with van der Waals surface area (Å²) in [5.74, 6) is -0.376. The topological polar surface area (TPSA) is 137 Å². The van der Waals surface area contributed by atoms with Crippen LogP contribution in [0.15, 0.2) is 29.3 Å². The number of hydrogen-bond acceptors (Lipinski definition) is 5. The molecule has 10 heteroatoms. The van der Waals surface area contributed by atoms with Gasteiger partial charge in [-0.2, -0.15) is 0 Å². The number of benzene rings is 1. The Labute approximate surface area is 119 Å². The monoisotopic (exact) mass is 312 g/mol. The zero-order valence-corrected chi connectivity index (χ0v) is 11.8. The van der Waals surface area contributed by atoms with Crippen LogP contribution in [0.25, 0.3) is 10.9 Å². The van der Waals surface area contributed by atoms with E-state index in [4.69, 9.17) is 5.14 Å². The minimum absolute atomic E-state index is 0.177. The molecule has 0 atom stereocenters. The number of nitrogens with zero attached hydrogens (tertiary/aromatic N) is 2. The quantitative estimate of drug-likeness (QED) is 0.602. The van der Waals surface area contributed by atoms with Crippen molar-refractivity contribution in [3.63, 3.8) is 0 Å². The van der Waals surface area contributed by atoms with Gasteiger partial charge in [0, 0.05) is 30.8 Å². The van der Waals surface area contributed by atoms with E-state index < -0.39 is 14.9 Å². The van der Waals surface area contributed by atoms with E-state index in [-0.39, 0.29) is 33.9 Å². The number of non-ortho nitro benzene ring substituents is 1. The Morgan fingerprint density at radius 1 is 1.48 bits per heavy atom. The van der Waals surface area contributed by atoms with Crippen LogP contribution in [0, 0.1) is 10.1 Å². The van der Waals surface area contributed by atoms with Crippen LogP contribution in [0.1, 0.15) is 0 Å². The lowest BCUT2D eigenvalue weighted by Gasteiger charge is -2.03. The molecule has 0 saturated carbocycles. The zero-order chi connectivity index (χ0) is 15.8. The third-order valence-electron chi connectivity index (χ3n) is 2.94. The molecule has 2 rings (SSSR count). The number of rotatable bonds is 4. The minimum Gasteiger partial charge on any atom is -0.358 e. The fraction of sp³-hybridized carbons (Fsp3) is 0.182. The molecule has 1 amide bonds. The van der Waals surface area contributed by atoms with E-state index in [9.17, 15) is 23.3 Å². The molecule has 0 radical (unpaired) electrons. The van der Waals surface area contributed by atoms with E-state index >= 15 is 0 Å². The number of hydrogen-bond donors (Lipinski definition) is 2. The Bertz CT molecular complexity index is 840. The number of nitro groups is 1. The number of nitrogens with two attached hydrogens (primary N) is 1. The van der Waals surface area contributed by atoms with Gasteiger partial charge in [0.15, 0.2) is 0 Å². The second kappa shape index (κ2) is 5.14. The molecule has 21 heavy (non-hydrogen) atoms. The molecule has 0 fully saturated rings. The maximum absolute atomic E-state index is 11.6. The van der Waals surface area contributed by atoms with Crippen LogP contribution < -0.4 is 10.5 Å². The summed E-state index contributed by atoms with van der Waals surface area (Å²) in [5, 5.41) is 18.6. The third-order valence-corrected chi connectivity index (χ3v) is 3.88. The predicted octanol–water partition coefficient (Wildman–Crippen LogP) is -0.0571. The summed E-state index contributed by atoms with van der Waals surface area (Å²) >= 11 is 0. The average Bonchev–Trinajstić information content (AvgIpc) is 2.76. The Morgan fingerprint density at radius 2 is 2.14 bits per heavy atom. The maximum Gasteiger partial charge on any atom is 0.271 e.